The van der Waals surface area contributed by atoms with Crippen LogP contribution in [0.4, 0.5) is 0 Å². The minimum atomic E-state index is -3.59. The molecule has 0 saturated heterocycles. The molecule has 0 saturated carbocycles. The molecule has 0 aliphatic rings. The molecule has 0 spiro atoms. The molecule has 1 aromatic carbocycles. The summed E-state index contributed by atoms with van der Waals surface area (Å²) in [5.41, 5.74) is 0. The topological polar surface area (TPSA) is 90.3 Å². The third-order valence-electron chi connectivity index (χ3n) is 3.13. The maximum Gasteiger partial charge on any atom is 0.240 e. The van der Waals surface area contributed by atoms with E-state index in [2.05, 4.69) is 10.8 Å². The number of hydrogen-bond acceptors (Lipinski definition) is 4. The lowest BCUT2D eigenvalue weighted by molar-refractivity contribution is -0.131. The molecule has 1 aromatic rings. The van der Waals surface area contributed by atoms with Crippen molar-refractivity contribution in [3.63, 3.8) is 0 Å². The lowest BCUT2D eigenvalue weighted by atomic mass is 10.2. The molecular formula is C15H21N3O3S. The number of nitrogens with zero attached hydrogens (tertiary/aromatic N) is 2. The Balaban J connectivity index is 2.53. The Labute approximate surface area is 131 Å². The van der Waals surface area contributed by atoms with Gasteiger partial charge in [-0.05, 0) is 26.0 Å². The molecule has 0 fully saturated rings. The maximum atomic E-state index is 12.0. The molecule has 0 heterocycles. The van der Waals surface area contributed by atoms with Gasteiger partial charge in [-0.25, -0.2) is 13.1 Å². The van der Waals surface area contributed by atoms with Crippen molar-refractivity contribution < 1.29 is 13.2 Å². The Kier molecular flexibility index (Phi) is 7.02. The average Bonchev–Trinajstić information content (AvgIpc) is 2.52. The van der Waals surface area contributed by atoms with Crippen LogP contribution in [0, 0.1) is 17.2 Å². The first-order valence-electron chi connectivity index (χ1n) is 7.12. The van der Waals surface area contributed by atoms with Crippen molar-refractivity contribution in [2.45, 2.75) is 25.2 Å². The van der Waals surface area contributed by atoms with Crippen LogP contribution in [-0.2, 0) is 14.8 Å². The zero-order valence-corrected chi connectivity index (χ0v) is 13.6. The fourth-order valence-electron chi connectivity index (χ4n) is 1.91. The summed E-state index contributed by atoms with van der Waals surface area (Å²) in [5, 5.41) is 8.79. The Morgan fingerprint density at radius 3 is 2.55 bits per heavy atom. The highest BCUT2D eigenvalue weighted by molar-refractivity contribution is 7.89. The molecule has 7 heteroatoms. The lowest BCUT2D eigenvalue weighted by Gasteiger charge is -2.22. The number of amides is 1. The summed E-state index contributed by atoms with van der Waals surface area (Å²) in [5.74, 6) is -0.412. The second-order valence-corrected chi connectivity index (χ2v) is 6.69. The third-order valence-corrected chi connectivity index (χ3v) is 4.61. The first kappa shape index (κ1) is 18.1. The van der Waals surface area contributed by atoms with Crippen molar-refractivity contribution in [3.05, 3.63) is 30.3 Å². The van der Waals surface area contributed by atoms with E-state index in [1.807, 2.05) is 6.92 Å². The Hall–Kier alpha value is -1.91. The minimum absolute atomic E-state index is 0.0352. The number of sulfonamides is 1. The smallest absolute Gasteiger partial charge is 0.240 e. The van der Waals surface area contributed by atoms with Gasteiger partial charge in [0.1, 0.15) is 0 Å². The maximum absolute atomic E-state index is 12.0. The number of benzene rings is 1. The summed E-state index contributed by atoms with van der Waals surface area (Å²) in [7, 11) is -3.59. The second kappa shape index (κ2) is 8.51. The van der Waals surface area contributed by atoms with Gasteiger partial charge in [0, 0.05) is 26.1 Å². The van der Waals surface area contributed by atoms with Crippen molar-refractivity contribution in [1.29, 1.82) is 5.26 Å². The van der Waals surface area contributed by atoms with Gasteiger partial charge < -0.3 is 4.90 Å². The predicted octanol–water partition coefficient (Wildman–Crippen LogP) is 1.36. The van der Waals surface area contributed by atoms with Crippen LogP contribution in [0.1, 0.15) is 20.3 Å². The van der Waals surface area contributed by atoms with E-state index in [1.165, 1.54) is 12.1 Å². The summed E-state index contributed by atoms with van der Waals surface area (Å²) in [4.78, 5) is 13.8. The second-order valence-electron chi connectivity index (χ2n) is 4.92. The van der Waals surface area contributed by atoms with E-state index >= 15 is 0 Å². The first-order valence-corrected chi connectivity index (χ1v) is 8.61. The monoisotopic (exact) mass is 323 g/mol. The van der Waals surface area contributed by atoms with Gasteiger partial charge in [-0.1, -0.05) is 18.2 Å². The van der Waals surface area contributed by atoms with Crippen molar-refractivity contribution in [1.82, 2.24) is 9.62 Å². The number of rotatable bonds is 8. The lowest BCUT2D eigenvalue weighted by Crippen LogP contribution is -2.36. The van der Waals surface area contributed by atoms with Gasteiger partial charge >= 0.3 is 0 Å². The normalized spacial score (nSPS) is 12.4. The molecule has 1 atom stereocenters. The van der Waals surface area contributed by atoms with Gasteiger partial charge in [-0.3, -0.25) is 4.79 Å². The van der Waals surface area contributed by atoms with Crippen LogP contribution in [0.25, 0.3) is 0 Å². The van der Waals surface area contributed by atoms with Crippen LogP contribution in [0.5, 0.6) is 0 Å². The SMILES string of the molecule is CCN(C[C@H](C)C#N)C(=O)CCNS(=O)(=O)c1ccccc1. The van der Waals surface area contributed by atoms with Crippen LogP contribution in [0.15, 0.2) is 35.2 Å². The zero-order valence-electron chi connectivity index (χ0n) is 12.8. The first-order chi connectivity index (χ1) is 10.4. The van der Waals surface area contributed by atoms with E-state index < -0.39 is 10.0 Å². The minimum Gasteiger partial charge on any atom is -0.342 e. The van der Waals surface area contributed by atoms with Crippen molar-refractivity contribution >= 4 is 15.9 Å². The summed E-state index contributed by atoms with van der Waals surface area (Å²) in [6.45, 7) is 4.46. The number of carbonyl (C=O) groups excluding carboxylic acids is 1. The fourth-order valence-corrected chi connectivity index (χ4v) is 2.96. The van der Waals surface area contributed by atoms with E-state index in [-0.39, 0.29) is 29.7 Å². The zero-order chi connectivity index (χ0) is 16.6. The van der Waals surface area contributed by atoms with Crippen molar-refractivity contribution in [3.8, 4) is 6.07 Å². The number of hydrogen-bond donors (Lipinski definition) is 1. The average molecular weight is 323 g/mol. The van der Waals surface area contributed by atoms with Gasteiger partial charge in [0.2, 0.25) is 15.9 Å². The molecule has 1 rings (SSSR count). The molecule has 22 heavy (non-hydrogen) atoms. The van der Waals surface area contributed by atoms with Crippen LogP contribution in [-0.4, -0.2) is 38.9 Å². The Morgan fingerprint density at radius 2 is 2.00 bits per heavy atom. The standard InChI is InChI=1S/C15H21N3O3S/c1-3-18(12-13(2)11-16)15(19)9-10-17-22(20,21)14-7-5-4-6-8-14/h4-8,13,17H,3,9-10,12H2,1-2H3/t13-/m1/s1. The molecule has 0 aliphatic heterocycles. The van der Waals surface area contributed by atoms with E-state index in [1.54, 1.807) is 30.0 Å². The largest absolute Gasteiger partial charge is 0.342 e. The summed E-state index contributed by atoms with van der Waals surface area (Å²) in [6, 6.07) is 10.1. The summed E-state index contributed by atoms with van der Waals surface area (Å²) >= 11 is 0. The molecule has 0 aliphatic carbocycles. The van der Waals surface area contributed by atoms with Crippen LogP contribution < -0.4 is 4.72 Å². The van der Waals surface area contributed by atoms with Gasteiger partial charge in [0.05, 0.1) is 16.9 Å². The van der Waals surface area contributed by atoms with Crippen LogP contribution in [0.2, 0.25) is 0 Å². The molecule has 0 bridgehead atoms. The molecule has 0 aromatic heterocycles. The molecule has 0 unspecified atom stereocenters. The highest BCUT2D eigenvalue weighted by Gasteiger charge is 2.17. The fraction of sp³-hybridized carbons (Fsp3) is 0.467. The Bertz CT molecular complexity index is 623. The molecule has 1 N–H and O–H groups in total. The van der Waals surface area contributed by atoms with E-state index in [9.17, 15) is 13.2 Å². The predicted molar refractivity (Wildman–Crippen MR) is 83.3 cm³/mol. The van der Waals surface area contributed by atoms with Gasteiger partial charge in [-0.15, -0.1) is 0 Å². The van der Waals surface area contributed by atoms with Crippen molar-refractivity contribution in [2.24, 2.45) is 5.92 Å². The number of nitriles is 1. The molecule has 0 radical (unpaired) electrons. The third kappa shape index (κ3) is 5.47. The number of nitrogens with one attached hydrogen (secondary N) is 1. The quantitative estimate of drug-likeness (QED) is 0.782. The molecule has 1 amide bonds. The van der Waals surface area contributed by atoms with Gasteiger partial charge in [0.25, 0.3) is 0 Å². The van der Waals surface area contributed by atoms with E-state index in [0.29, 0.717) is 13.1 Å². The van der Waals surface area contributed by atoms with Crippen LogP contribution in [0.3, 0.4) is 0 Å². The van der Waals surface area contributed by atoms with E-state index in [4.69, 9.17) is 5.26 Å². The molecule has 6 nitrogen and oxygen atoms in total. The highest BCUT2D eigenvalue weighted by atomic mass is 32.2. The van der Waals surface area contributed by atoms with Crippen LogP contribution >= 0.6 is 0 Å². The highest BCUT2D eigenvalue weighted by Crippen LogP contribution is 2.07. The summed E-state index contributed by atoms with van der Waals surface area (Å²) in [6.07, 6.45) is 0.0675. The molecular weight excluding hydrogens is 302 g/mol. The van der Waals surface area contributed by atoms with Gasteiger partial charge in [-0.2, -0.15) is 5.26 Å². The summed E-state index contributed by atoms with van der Waals surface area (Å²) < 4.78 is 26.4. The number of carbonyl (C=O) groups is 1. The van der Waals surface area contributed by atoms with E-state index in [0.717, 1.165) is 0 Å². The van der Waals surface area contributed by atoms with Gasteiger partial charge in [0.15, 0.2) is 0 Å². The Morgan fingerprint density at radius 1 is 1.36 bits per heavy atom. The molecule has 120 valence electrons. The van der Waals surface area contributed by atoms with Crippen molar-refractivity contribution in [2.75, 3.05) is 19.6 Å².